The molecule has 0 aliphatic rings. The summed E-state index contributed by atoms with van der Waals surface area (Å²) in [5.74, 6) is 0. The van der Waals surface area contributed by atoms with Crippen LogP contribution in [0.1, 0.15) is 13.8 Å². The van der Waals surface area contributed by atoms with Crippen molar-refractivity contribution >= 4 is 57.5 Å². The van der Waals surface area contributed by atoms with Crippen LogP contribution in [0.2, 0.25) is 0 Å². The van der Waals surface area contributed by atoms with Gasteiger partial charge in [0.1, 0.15) is 12.3 Å². The van der Waals surface area contributed by atoms with Crippen molar-refractivity contribution in [2.75, 3.05) is 24.6 Å². The van der Waals surface area contributed by atoms with Crippen molar-refractivity contribution in [1.82, 2.24) is 0 Å². The second kappa shape index (κ2) is 25.6. The predicted octanol–water partition coefficient (Wildman–Crippen LogP) is 8.61. The van der Waals surface area contributed by atoms with Crippen molar-refractivity contribution < 1.29 is 34.0 Å². The molecule has 0 saturated carbocycles. The van der Waals surface area contributed by atoms with Crippen LogP contribution in [-0.2, 0) is 16.8 Å². The van der Waals surface area contributed by atoms with E-state index in [1.54, 1.807) is 17.4 Å². The fourth-order valence-corrected chi connectivity index (χ4v) is 15.2. The quantitative estimate of drug-likeness (QED) is 0.0769. The molecule has 0 aliphatic heterocycles. The van der Waals surface area contributed by atoms with Crippen LogP contribution in [-0.4, -0.2) is 31.9 Å². The van der Waals surface area contributed by atoms with Gasteiger partial charge in [0.15, 0.2) is 0 Å². The van der Waals surface area contributed by atoms with Gasteiger partial charge in [-0.1, -0.05) is 91.0 Å². The van der Waals surface area contributed by atoms with Gasteiger partial charge in [-0.05, 0) is 60.7 Å². The minimum Gasteiger partial charge on any atom is -0.418 e. The second-order valence-electron chi connectivity index (χ2n) is 10.3. The maximum atomic E-state index is 9.75. The van der Waals surface area contributed by atoms with E-state index in [2.05, 4.69) is 152 Å². The summed E-state index contributed by atoms with van der Waals surface area (Å²) in [5, 5.41) is 22.4. The first kappa shape index (κ1) is 43.7. The molecule has 0 saturated heterocycles. The largest absolute Gasteiger partial charge is 0.673 e. The monoisotopic (exact) mass is 765 g/mol. The zero-order valence-electron chi connectivity index (χ0n) is 27.6. The van der Waals surface area contributed by atoms with Gasteiger partial charge in [0.25, 0.3) is 0 Å². The zero-order valence-corrected chi connectivity index (χ0v) is 31.6. The summed E-state index contributed by atoms with van der Waals surface area (Å²) in [5.41, 5.74) is 0. The number of rotatable bonds is 11. The molecular weight excluding hydrogens is 723 g/mol. The number of nitrogens with zero attached hydrogens (tertiary/aromatic N) is 2. The van der Waals surface area contributed by atoms with E-state index in [4.69, 9.17) is 10.5 Å². The van der Waals surface area contributed by atoms with E-state index >= 15 is 0 Å². The maximum absolute atomic E-state index is 9.75. The van der Waals surface area contributed by atoms with Crippen LogP contribution in [0.25, 0.3) is 0 Å². The molecule has 0 amide bonds. The molecule has 0 bridgehead atoms. The Morgan fingerprint density at radius 1 is 0.429 bits per heavy atom. The fraction of sp³-hybridized carbons (Fsp3) is 0.158. The van der Waals surface area contributed by atoms with E-state index in [0.29, 0.717) is 0 Å². The van der Waals surface area contributed by atoms with Crippen molar-refractivity contribution in [2.45, 2.75) is 13.8 Å². The number of nitriles is 2. The molecule has 1 radical (unpaired) electrons. The molecule has 0 unspecified atom stereocenters. The molecule has 0 atom stereocenters. The summed E-state index contributed by atoms with van der Waals surface area (Å²) in [7, 11) is -8.31. The number of benzene rings is 5. The Kier molecular flexibility index (Phi) is 22.8. The topological polar surface area (TPSA) is 47.6 Å². The van der Waals surface area contributed by atoms with E-state index in [1.165, 1.54) is 59.7 Å². The van der Waals surface area contributed by atoms with Crippen molar-refractivity contribution in [3.05, 3.63) is 152 Å². The molecule has 11 heteroatoms. The SMILES string of the molecule is CC#N.CC#N.F[B-](F)(F)F.[Co].c1ccc([PH+](CC[PH+](c2ccccc2)c2ccccc2)CC[PH+](c2ccccc2)c2ccccc2)cc1. The molecule has 0 N–H and O–H groups in total. The van der Waals surface area contributed by atoms with Crippen LogP contribution in [0.15, 0.2) is 152 Å². The van der Waals surface area contributed by atoms with Gasteiger partial charge in [-0.15, -0.1) is 0 Å². The first-order valence-corrected chi connectivity index (χ1v) is 20.9. The van der Waals surface area contributed by atoms with Crippen molar-refractivity contribution in [1.29, 1.82) is 10.5 Å². The molecule has 5 rings (SSSR count). The van der Waals surface area contributed by atoms with E-state index < -0.39 is 31.0 Å². The first-order valence-electron chi connectivity index (χ1n) is 15.5. The molecular formula is C38H42BCoF4N2P3+2. The molecule has 2 nitrogen and oxygen atoms in total. The summed E-state index contributed by atoms with van der Waals surface area (Å²) in [6.45, 7) is 2.86. The van der Waals surface area contributed by atoms with Crippen LogP contribution in [0.5, 0.6) is 0 Å². The molecule has 5 aromatic carbocycles. The Labute approximate surface area is 303 Å². The van der Waals surface area contributed by atoms with Gasteiger partial charge in [-0.2, -0.15) is 10.5 Å². The molecule has 0 fully saturated rings. The minimum atomic E-state index is -6.00. The van der Waals surface area contributed by atoms with Crippen LogP contribution in [0, 0.1) is 22.7 Å². The van der Waals surface area contributed by atoms with Gasteiger partial charge in [0.05, 0.1) is 66.8 Å². The Bertz CT molecular complexity index is 1440. The van der Waals surface area contributed by atoms with E-state index in [0.717, 1.165) is 0 Å². The third-order valence-corrected chi connectivity index (χ3v) is 16.5. The van der Waals surface area contributed by atoms with Crippen LogP contribution < -0.4 is 26.5 Å². The van der Waals surface area contributed by atoms with E-state index in [-0.39, 0.29) is 16.8 Å². The van der Waals surface area contributed by atoms with Gasteiger partial charge >= 0.3 is 7.25 Å². The van der Waals surface area contributed by atoms with Crippen molar-refractivity contribution in [3.63, 3.8) is 0 Å². The van der Waals surface area contributed by atoms with E-state index in [1.807, 2.05) is 0 Å². The normalized spacial score (nSPS) is 10.1. The number of hydrogen-bond donors (Lipinski definition) is 0. The summed E-state index contributed by atoms with van der Waals surface area (Å²) < 4.78 is 39.0. The fourth-order valence-electron chi connectivity index (χ4n) is 5.11. The third kappa shape index (κ3) is 18.3. The maximum Gasteiger partial charge on any atom is 0.673 e. The predicted molar refractivity (Wildman–Crippen MR) is 208 cm³/mol. The number of halogens is 4. The molecule has 257 valence electrons. The van der Waals surface area contributed by atoms with Gasteiger partial charge in [-0.3, -0.25) is 0 Å². The summed E-state index contributed by atoms with van der Waals surface area (Å²) in [6, 6.07) is 60.0. The van der Waals surface area contributed by atoms with Crippen LogP contribution in [0.4, 0.5) is 17.3 Å². The summed E-state index contributed by atoms with van der Waals surface area (Å²) >= 11 is 0. The van der Waals surface area contributed by atoms with Gasteiger partial charge < -0.3 is 17.3 Å². The third-order valence-electron chi connectivity index (χ3n) is 7.02. The molecule has 0 aromatic heterocycles. The van der Waals surface area contributed by atoms with Crippen LogP contribution in [0.3, 0.4) is 0 Å². The molecule has 5 aromatic rings. The average Bonchev–Trinajstić information content (AvgIpc) is 3.10. The van der Waals surface area contributed by atoms with Crippen LogP contribution >= 0.6 is 23.8 Å². The molecule has 0 aliphatic carbocycles. The van der Waals surface area contributed by atoms with Gasteiger partial charge in [0, 0.05) is 38.5 Å². The Balaban J connectivity index is 0.000000881. The number of hydrogen-bond acceptors (Lipinski definition) is 2. The average molecular weight is 765 g/mol. The Morgan fingerprint density at radius 2 is 0.612 bits per heavy atom. The van der Waals surface area contributed by atoms with Gasteiger partial charge in [-0.25, -0.2) is 0 Å². The van der Waals surface area contributed by atoms with E-state index in [9.17, 15) is 17.3 Å². The second-order valence-corrected chi connectivity index (χ2v) is 18.3. The molecule has 0 spiro atoms. The molecule has 0 heterocycles. The van der Waals surface area contributed by atoms with Crippen molar-refractivity contribution in [2.24, 2.45) is 0 Å². The Hall–Kier alpha value is -3.34. The zero-order chi connectivity index (χ0) is 35.0. The molecule has 49 heavy (non-hydrogen) atoms. The first-order chi connectivity index (χ1) is 23.2. The smallest absolute Gasteiger partial charge is 0.418 e. The summed E-state index contributed by atoms with van der Waals surface area (Å²) in [6.07, 6.45) is 5.23. The minimum absolute atomic E-state index is 0. The Morgan fingerprint density at radius 3 is 0.816 bits per heavy atom. The van der Waals surface area contributed by atoms with Gasteiger partial charge in [0.2, 0.25) is 0 Å². The van der Waals surface area contributed by atoms with Crippen molar-refractivity contribution in [3.8, 4) is 12.1 Å². The standard InChI is InChI=1S/C34H33P3.2C2H3N.BF4.Co/c1-6-16-30(17-7-1)35(26-28-36(31-18-8-2-9-19-31)32-20-10-3-11-21-32)27-29-37(33-22-12-4-13-23-33)34-24-14-5-15-25-34;2*1-2-3;2-1(3,4)5;/h1-25H,26-29H2;2*1H3;;/q;;;-1;/p+3. The summed E-state index contributed by atoms with van der Waals surface area (Å²) in [4.78, 5) is 0.